The first kappa shape index (κ1) is 15.4. The molecule has 3 N–H and O–H groups in total. The first-order valence-corrected chi connectivity index (χ1v) is 7.00. The molecule has 18 heavy (non-hydrogen) atoms. The average Bonchev–Trinajstić information content (AvgIpc) is 2.25. The molecule has 0 aromatic heterocycles. The fourth-order valence-corrected chi connectivity index (χ4v) is 2.71. The van der Waals surface area contributed by atoms with Crippen LogP contribution >= 0.6 is 0 Å². The second-order valence-electron chi connectivity index (χ2n) is 6.23. The lowest BCUT2D eigenvalue weighted by molar-refractivity contribution is -0.129. The molecule has 1 aliphatic rings. The van der Waals surface area contributed by atoms with E-state index in [2.05, 4.69) is 12.2 Å². The number of hydrogen-bond acceptors (Lipinski definition) is 3. The predicted octanol–water partition coefficient (Wildman–Crippen LogP) is 1.83. The molecule has 0 bridgehead atoms. The van der Waals surface area contributed by atoms with Crippen molar-refractivity contribution in [3.8, 4) is 0 Å². The third kappa shape index (κ3) is 4.25. The summed E-state index contributed by atoms with van der Waals surface area (Å²) >= 11 is 0. The summed E-state index contributed by atoms with van der Waals surface area (Å²) in [5.74, 6) is 0.510. The number of nitrogens with one attached hydrogen (secondary N) is 1. The molecule has 2 atom stereocenters. The molecule has 4 heteroatoms. The first-order valence-electron chi connectivity index (χ1n) is 7.00. The van der Waals surface area contributed by atoms with Crippen molar-refractivity contribution in [3.63, 3.8) is 0 Å². The van der Waals surface area contributed by atoms with Crippen LogP contribution < -0.4 is 11.1 Å². The summed E-state index contributed by atoms with van der Waals surface area (Å²) in [6, 6.07) is 0. The van der Waals surface area contributed by atoms with Gasteiger partial charge in [-0.3, -0.25) is 4.79 Å². The van der Waals surface area contributed by atoms with Crippen molar-refractivity contribution < 1.29 is 9.53 Å². The van der Waals surface area contributed by atoms with Crippen LogP contribution in [0.25, 0.3) is 0 Å². The Hall–Kier alpha value is -0.610. The molecule has 1 aliphatic carbocycles. The highest BCUT2D eigenvalue weighted by atomic mass is 16.5. The van der Waals surface area contributed by atoms with E-state index in [-0.39, 0.29) is 11.5 Å². The lowest BCUT2D eigenvalue weighted by atomic mass is 9.76. The van der Waals surface area contributed by atoms with Crippen molar-refractivity contribution in [1.29, 1.82) is 0 Å². The molecule has 2 unspecified atom stereocenters. The van der Waals surface area contributed by atoms with Crippen LogP contribution in [-0.4, -0.2) is 30.2 Å². The van der Waals surface area contributed by atoms with Crippen LogP contribution in [0.2, 0.25) is 0 Å². The van der Waals surface area contributed by atoms with Gasteiger partial charge in [-0.15, -0.1) is 0 Å². The van der Waals surface area contributed by atoms with Gasteiger partial charge in [-0.05, 0) is 39.5 Å². The van der Waals surface area contributed by atoms with Crippen LogP contribution in [0.15, 0.2) is 0 Å². The maximum atomic E-state index is 12.2. The van der Waals surface area contributed by atoms with Gasteiger partial charge in [0.15, 0.2) is 0 Å². The van der Waals surface area contributed by atoms with Crippen molar-refractivity contribution in [3.05, 3.63) is 0 Å². The molecule has 1 amide bonds. The molecule has 0 spiro atoms. The predicted molar refractivity (Wildman–Crippen MR) is 73.3 cm³/mol. The molecule has 0 aromatic rings. The lowest BCUT2D eigenvalue weighted by Gasteiger charge is -2.36. The van der Waals surface area contributed by atoms with Crippen LogP contribution in [0.4, 0.5) is 0 Å². The third-order valence-electron chi connectivity index (χ3n) is 3.69. The van der Waals surface area contributed by atoms with E-state index in [0.29, 0.717) is 19.1 Å². The SMILES string of the molecule is CCOC(C)(C)CNC(=O)C1(N)CCCC(C)C1. The smallest absolute Gasteiger partial charge is 0.240 e. The van der Waals surface area contributed by atoms with E-state index < -0.39 is 5.54 Å². The van der Waals surface area contributed by atoms with Gasteiger partial charge in [-0.1, -0.05) is 19.8 Å². The monoisotopic (exact) mass is 256 g/mol. The quantitative estimate of drug-likeness (QED) is 0.788. The highest BCUT2D eigenvalue weighted by molar-refractivity contribution is 5.86. The normalized spacial score (nSPS) is 29.1. The van der Waals surface area contributed by atoms with Gasteiger partial charge in [-0.25, -0.2) is 0 Å². The van der Waals surface area contributed by atoms with Crippen molar-refractivity contribution in [2.75, 3.05) is 13.2 Å². The van der Waals surface area contributed by atoms with E-state index in [9.17, 15) is 4.79 Å². The zero-order valence-corrected chi connectivity index (χ0v) is 12.2. The Bertz CT molecular complexity index is 292. The van der Waals surface area contributed by atoms with Crippen LogP contribution in [0.3, 0.4) is 0 Å². The van der Waals surface area contributed by atoms with Crippen LogP contribution in [0, 0.1) is 5.92 Å². The number of amides is 1. The van der Waals surface area contributed by atoms with Crippen molar-refractivity contribution >= 4 is 5.91 Å². The number of rotatable bonds is 5. The van der Waals surface area contributed by atoms with Gasteiger partial charge in [0.25, 0.3) is 0 Å². The van der Waals surface area contributed by atoms with Gasteiger partial charge in [-0.2, -0.15) is 0 Å². The second-order valence-corrected chi connectivity index (χ2v) is 6.23. The Kier molecular flexibility index (Phi) is 5.17. The van der Waals surface area contributed by atoms with E-state index in [4.69, 9.17) is 10.5 Å². The van der Waals surface area contributed by atoms with Crippen LogP contribution in [0.1, 0.15) is 53.4 Å². The summed E-state index contributed by atoms with van der Waals surface area (Å²) in [6.07, 6.45) is 3.79. The zero-order chi connectivity index (χ0) is 13.8. The molecule has 0 aliphatic heterocycles. The average molecular weight is 256 g/mol. The van der Waals surface area contributed by atoms with Crippen molar-refractivity contribution in [2.24, 2.45) is 11.7 Å². The molecule has 1 rings (SSSR count). The summed E-state index contributed by atoms with van der Waals surface area (Å²) in [7, 11) is 0. The largest absolute Gasteiger partial charge is 0.374 e. The van der Waals surface area contributed by atoms with Gasteiger partial charge >= 0.3 is 0 Å². The van der Waals surface area contributed by atoms with Crippen LogP contribution in [-0.2, 0) is 9.53 Å². The maximum Gasteiger partial charge on any atom is 0.240 e. The van der Waals surface area contributed by atoms with E-state index in [1.807, 2.05) is 20.8 Å². The Labute approximate surface area is 111 Å². The molecule has 0 aromatic carbocycles. The fraction of sp³-hybridized carbons (Fsp3) is 0.929. The van der Waals surface area contributed by atoms with Crippen molar-refractivity contribution in [2.45, 2.75) is 64.5 Å². The Morgan fingerprint density at radius 3 is 2.78 bits per heavy atom. The number of nitrogens with two attached hydrogens (primary N) is 1. The number of ether oxygens (including phenoxy) is 1. The molecular formula is C14H28N2O2. The van der Waals surface area contributed by atoms with Gasteiger partial charge < -0.3 is 15.8 Å². The second kappa shape index (κ2) is 6.02. The van der Waals surface area contributed by atoms with E-state index in [0.717, 1.165) is 19.3 Å². The minimum atomic E-state index is -0.681. The van der Waals surface area contributed by atoms with Gasteiger partial charge in [0.2, 0.25) is 5.91 Å². The third-order valence-corrected chi connectivity index (χ3v) is 3.69. The summed E-state index contributed by atoms with van der Waals surface area (Å²) in [6.45, 7) is 9.22. The first-order chi connectivity index (χ1) is 8.29. The van der Waals surface area contributed by atoms with E-state index >= 15 is 0 Å². The summed E-state index contributed by atoms with van der Waals surface area (Å²) in [5.41, 5.74) is 5.23. The minimum absolute atomic E-state index is 0.0261. The molecule has 0 saturated heterocycles. The lowest BCUT2D eigenvalue weighted by Crippen LogP contribution is -2.58. The summed E-state index contributed by atoms with van der Waals surface area (Å²) < 4.78 is 5.57. The molecule has 4 nitrogen and oxygen atoms in total. The Morgan fingerprint density at radius 1 is 1.56 bits per heavy atom. The highest BCUT2D eigenvalue weighted by Crippen LogP contribution is 2.30. The molecule has 1 fully saturated rings. The van der Waals surface area contributed by atoms with Gasteiger partial charge in [0, 0.05) is 13.2 Å². The Balaban J connectivity index is 2.49. The maximum absolute atomic E-state index is 12.2. The minimum Gasteiger partial charge on any atom is -0.374 e. The van der Waals surface area contributed by atoms with E-state index in [1.54, 1.807) is 0 Å². The van der Waals surface area contributed by atoms with Crippen molar-refractivity contribution in [1.82, 2.24) is 5.32 Å². The zero-order valence-electron chi connectivity index (χ0n) is 12.2. The molecule has 0 radical (unpaired) electrons. The summed E-state index contributed by atoms with van der Waals surface area (Å²) in [5, 5.41) is 2.95. The highest BCUT2D eigenvalue weighted by Gasteiger charge is 2.38. The number of hydrogen-bond donors (Lipinski definition) is 2. The fourth-order valence-electron chi connectivity index (χ4n) is 2.71. The molecular weight excluding hydrogens is 228 g/mol. The van der Waals surface area contributed by atoms with Gasteiger partial charge in [0.05, 0.1) is 11.1 Å². The molecule has 0 heterocycles. The number of carbonyl (C=O) groups is 1. The van der Waals surface area contributed by atoms with E-state index in [1.165, 1.54) is 6.42 Å². The molecule has 106 valence electrons. The standard InChI is InChI=1S/C14H28N2O2/c1-5-18-13(3,4)10-16-12(17)14(15)8-6-7-11(2)9-14/h11H,5-10,15H2,1-4H3,(H,16,17). The van der Waals surface area contributed by atoms with Crippen LogP contribution in [0.5, 0.6) is 0 Å². The topological polar surface area (TPSA) is 64.3 Å². The van der Waals surface area contributed by atoms with Gasteiger partial charge in [0.1, 0.15) is 0 Å². The Morgan fingerprint density at radius 2 is 2.22 bits per heavy atom. The molecule has 1 saturated carbocycles. The number of carbonyl (C=O) groups excluding carboxylic acids is 1. The summed E-state index contributed by atoms with van der Waals surface area (Å²) in [4.78, 5) is 12.2.